The molecule has 176 valence electrons. The fourth-order valence-corrected chi connectivity index (χ4v) is 4.68. The van der Waals surface area contributed by atoms with Crippen molar-refractivity contribution in [2.75, 3.05) is 14.1 Å². The molecular weight excluding hydrogens is 452 g/mol. The standard InChI is InChI=1S/C25H26N4O4S/c1-28(2)34(31,32)23-15-9-6-10-19(23)16-26-25(30)17-29-22-14-8-7-13-21(22)27-24(29)18-33-20-11-4-3-5-12-20/h3-15H,16-18H2,1-2H3,(H,26,30). The van der Waals surface area contributed by atoms with E-state index in [9.17, 15) is 13.2 Å². The molecule has 0 saturated heterocycles. The lowest BCUT2D eigenvalue weighted by atomic mass is 10.2. The second-order valence-corrected chi connectivity index (χ2v) is 10.00. The molecule has 0 aliphatic rings. The van der Waals surface area contributed by atoms with Crippen LogP contribution >= 0.6 is 0 Å². The first kappa shape index (κ1) is 23.5. The fourth-order valence-electron chi connectivity index (χ4n) is 3.57. The molecule has 1 heterocycles. The predicted octanol–water partition coefficient (Wildman–Crippen LogP) is 3.18. The number of fused-ring (bicyclic) bond motifs is 1. The zero-order valence-electron chi connectivity index (χ0n) is 19.0. The molecule has 34 heavy (non-hydrogen) atoms. The number of benzene rings is 3. The van der Waals surface area contributed by atoms with E-state index in [-0.39, 0.29) is 30.5 Å². The molecule has 0 fully saturated rings. The summed E-state index contributed by atoms with van der Waals surface area (Å²) in [5, 5.41) is 2.84. The summed E-state index contributed by atoms with van der Waals surface area (Å²) in [5.74, 6) is 1.07. The maximum Gasteiger partial charge on any atom is 0.242 e. The molecule has 4 aromatic rings. The molecule has 9 heteroatoms. The largest absolute Gasteiger partial charge is 0.486 e. The normalized spacial score (nSPS) is 11.6. The summed E-state index contributed by atoms with van der Waals surface area (Å²) >= 11 is 0. The van der Waals surface area contributed by atoms with E-state index < -0.39 is 10.0 Å². The summed E-state index contributed by atoms with van der Waals surface area (Å²) in [5.41, 5.74) is 2.11. The van der Waals surface area contributed by atoms with Gasteiger partial charge in [-0.25, -0.2) is 17.7 Å². The molecule has 1 aromatic heterocycles. The quantitative estimate of drug-likeness (QED) is 0.399. The molecule has 0 aliphatic carbocycles. The minimum atomic E-state index is -3.62. The zero-order valence-corrected chi connectivity index (χ0v) is 19.8. The second kappa shape index (κ2) is 10.1. The van der Waals surface area contributed by atoms with Crippen LogP contribution in [0.1, 0.15) is 11.4 Å². The van der Waals surface area contributed by atoms with Gasteiger partial charge in [-0.3, -0.25) is 4.79 Å². The lowest BCUT2D eigenvalue weighted by Crippen LogP contribution is -2.29. The highest BCUT2D eigenvalue weighted by Gasteiger charge is 2.21. The van der Waals surface area contributed by atoms with Crippen molar-refractivity contribution in [1.82, 2.24) is 19.2 Å². The molecule has 1 N–H and O–H groups in total. The highest BCUT2D eigenvalue weighted by Crippen LogP contribution is 2.20. The number of para-hydroxylation sites is 3. The first-order chi connectivity index (χ1) is 16.4. The van der Waals surface area contributed by atoms with Gasteiger partial charge in [-0.05, 0) is 35.9 Å². The fraction of sp³-hybridized carbons (Fsp3) is 0.200. The molecule has 0 unspecified atom stereocenters. The van der Waals surface area contributed by atoms with Gasteiger partial charge in [0.25, 0.3) is 0 Å². The van der Waals surface area contributed by atoms with Crippen LogP contribution in [0.5, 0.6) is 5.75 Å². The number of nitrogens with one attached hydrogen (secondary N) is 1. The van der Waals surface area contributed by atoms with Crippen LogP contribution in [0.15, 0.2) is 83.8 Å². The average molecular weight is 479 g/mol. The van der Waals surface area contributed by atoms with Gasteiger partial charge in [0, 0.05) is 20.6 Å². The van der Waals surface area contributed by atoms with Crippen LogP contribution in [0.2, 0.25) is 0 Å². The Morgan fingerprint density at radius 1 is 0.971 bits per heavy atom. The lowest BCUT2D eigenvalue weighted by molar-refractivity contribution is -0.121. The molecule has 0 radical (unpaired) electrons. The van der Waals surface area contributed by atoms with E-state index in [2.05, 4.69) is 10.3 Å². The maximum absolute atomic E-state index is 12.9. The average Bonchev–Trinajstić information content (AvgIpc) is 3.19. The van der Waals surface area contributed by atoms with Crippen molar-refractivity contribution in [1.29, 1.82) is 0 Å². The first-order valence-corrected chi connectivity index (χ1v) is 12.2. The number of amides is 1. The van der Waals surface area contributed by atoms with E-state index in [4.69, 9.17) is 4.74 Å². The van der Waals surface area contributed by atoms with Crippen LogP contribution in [0, 0.1) is 0 Å². The van der Waals surface area contributed by atoms with Crippen LogP contribution in [-0.2, 0) is 34.5 Å². The van der Waals surface area contributed by atoms with Gasteiger partial charge in [-0.2, -0.15) is 0 Å². The summed E-state index contributed by atoms with van der Waals surface area (Å²) in [4.78, 5) is 17.7. The number of sulfonamides is 1. The summed E-state index contributed by atoms with van der Waals surface area (Å²) in [6.45, 7) is 0.317. The third kappa shape index (κ3) is 5.11. The molecule has 0 spiro atoms. The van der Waals surface area contributed by atoms with Crippen LogP contribution in [0.4, 0.5) is 0 Å². The van der Waals surface area contributed by atoms with E-state index in [1.54, 1.807) is 24.3 Å². The Morgan fingerprint density at radius 2 is 1.65 bits per heavy atom. The van der Waals surface area contributed by atoms with Crippen molar-refractivity contribution < 1.29 is 17.9 Å². The molecule has 4 rings (SSSR count). The van der Waals surface area contributed by atoms with E-state index in [1.807, 2.05) is 59.2 Å². The van der Waals surface area contributed by atoms with Gasteiger partial charge < -0.3 is 14.6 Å². The number of nitrogens with zero attached hydrogens (tertiary/aromatic N) is 3. The molecule has 1 amide bonds. The number of carbonyl (C=O) groups excluding carboxylic acids is 1. The summed E-state index contributed by atoms with van der Waals surface area (Å²) in [7, 11) is -0.664. The summed E-state index contributed by atoms with van der Waals surface area (Å²) in [6.07, 6.45) is 0. The van der Waals surface area contributed by atoms with Gasteiger partial charge in [0.1, 0.15) is 24.7 Å². The first-order valence-electron chi connectivity index (χ1n) is 10.8. The summed E-state index contributed by atoms with van der Waals surface area (Å²) in [6, 6.07) is 23.6. The molecule has 0 aliphatic heterocycles. The van der Waals surface area contributed by atoms with Crippen LogP contribution in [-0.4, -0.2) is 42.3 Å². The molecule has 8 nitrogen and oxygen atoms in total. The molecule has 0 saturated carbocycles. The summed E-state index contributed by atoms with van der Waals surface area (Å²) < 4.78 is 34.1. The Bertz CT molecular complexity index is 1400. The van der Waals surface area contributed by atoms with Gasteiger partial charge in [-0.15, -0.1) is 0 Å². The minimum Gasteiger partial charge on any atom is -0.486 e. The highest BCUT2D eigenvalue weighted by molar-refractivity contribution is 7.89. The molecule has 0 bridgehead atoms. The van der Waals surface area contributed by atoms with Crippen molar-refractivity contribution in [3.8, 4) is 5.75 Å². The van der Waals surface area contributed by atoms with Crippen LogP contribution in [0.25, 0.3) is 11.0 Å². The van der Waals surface area contributed by atoms with Gasteiger partial charge in [0.2, 0.25) is 15.9 Å². The third-order valence-electron chi connectivity index (χ3n) is 5.35. The number of aromatic nitrogens is 2. The van der Waals surface area contributed by atoms with Crippen LogP contribution in [0.3, 0.4) is 0 Å². The van der Waals surface area contributed by atoms with Crippen molar-refractivity contribution in [2.45, 2.75) is 24.6 Å². The lowest BCUT2D eigenvalue weighted by Gasteiger charge is -2.16. The molecular formula is C25H26N4O4S. The highest BCUT2D eigenvalue weighted by atomic mass is 32.2. The van der Waals surface area contributed by atoms with Crippen LogP contribution < -0.4 is 10.1 Å². The van der Waals surface area contributed by atoms with Crippen molar-refractivity contribution in [3.63, 3.8) is 0 Å². The Kier molecular flexibility index (Phi) is 6.95. The number of hydrogen-bond donors (Lipinski definition) is 1. The van der Waals surface area contributed by atoms with Crippen molar-refractivity contribution in [3.05, 3.63) is 90.3 Å². The number of carbonyl (C=O) groups is 1. The Morgan fingerprint density at radius 3 is 2.41 bits per heavy atom. The van der Waals surface area contributed by atoms with Gasteiger partial charge in [0.15, 0.2) is 0 Å². The number of imidazole rings is 1. The minimum absolute atomic E-state index is 0.0244. The number of hydrogen-bond acceptors (Lipinski definition) is 5. The van der Waals surface area contributed by atoms with Gasteiger partial charge >= 0.3 is 0 Å². The number of rotatable bonds is 9. The van der Waals surface area contributed by atoms with E-state index in [0.29, 0.717) is 17.1 Å². The predicted molar refractivity (Wildman–Crippen MR) is 130 cm³/mol. The molecule has 3 aromatic carbocycles. The van der Waals surface area contributed by atoms with Gasteiger partial charge in [-0.1, -0.05) is 48.5 Å². The third-order valence-corrected chi connectivity index (χ3v) is 7.27. The number of ether oxygens (including phenoxy) is 1. The van der Waals surface area contributed by atoms with Crippen molar-refractivity contribution >= 4 is 27.0 Å². The Balaban J connectivity index is 1.52. The Hall–Kier alpha value is -3.69. The monoisotopic (exact) mass is 478 g/mol. The topological polar surface area (TPSA) is 93.5 Å². The smallest absolute Gasteiger partial charge is 0.242 e. The molecule has 0 atom stereocenters. The van der Waals surface area contributed by atoms with Gasteiger partial charge in [0.05, 0.1) is 15.9 Å². The van der Waals surface area contributed by atoms with E-state index in [0.717, 1.165) is 15.3 Å². The van der Waals surface area contributed by atoms with Crippen molar-refractivity contribution in [2.24, 2.45) is 0 Å². The second-order valence-electron chi connectivity index (χ2n) is 7.88. The SMILES string of the molecule is CN(C)S(=O)(=O)c1ccccc1CNC(=O)Cn1c(COc2ccccc2)nc2ccccc21. The maximum atomic E-state index is 12.9. The zero-order chi connectivity index (χ0) is 24.1. The Labute approximate surface area is 198 Å². The van der Waals surface area contributed by atoms with E-state index >= 15 is 0 Å². The van der Waals surface area contributed by atoms with E-state index in [1.165, 1.54) is 14.1 Å².